The highest BCUT2D eigenvalue weighted by Gasteiger charge is 2.19. The molecule has 174 valence electrons. The van der Waals surface area contributed by atoms with E-state index >= 15 is 0 Å². The Labute approximate surface area is 201 Å². The summed E-state index contributed by atoms with van der Waals surface area (Å²) in [6, 6.07) is 18.0. The van der Waals surface area contributed by atoms with Crippen LogP contribution in [0, 0.1) is 0 Å². The SMILES string of the molecule is CCOc1ccc(-c2nc3cc(NC(=S)NC(=O)c4c(OC)cccc4OC)ccc3o2)cc1. The van der Waals surface area contributed by atoms with Crippen molar-refractivity contribution in [2.45, 2.75) is 6.92 Å². The zero-order valence-electron chi connectivity index (χ0n) is 18.9. The van der Waals surface area contributed by atoms with Crippen LogP contribution in [0.3, 0.4) is 0 Å². The van der Waals surface area contributed by atoms with Crippen molar-refractivity contribution >= 4 is 40.0 Å². The molecule has 0 saturated carbocycles. The van der Waals surface area contributed by atoms with Gasteiger partial charge in [0.2, 0.25) is 5.89 Å². The summed E-state index contributed by atoms with van der Waals surface area (Å²) in [6.07, 6.45) is 0. The minimum Gasteiger partial charge on any atom is -0.496 e. The highest BCUT2D eigenvalue weighted by molar-refractivity contribution is 7.80. The summed E-state index contributed by atoms with van der Waals surface area (Å²) in [4.78, 5) is 17.4. The number of hydrogen-bond acceptors (Lipinski definition) is 7. The molecule has 1 aromatic heterocycles. The van der Waals surface area contributed by atoms with E-state index in [-0.39, 0.29) is 10.7 Å². The molecule has 0 saturated heterocycles. The molecule has 9 heteroatoms. The van der Waals surface area contributed by atoms with Crippen molar-refractivity contribution in [3.63, 3.8) is 0 Å². The monoisotopic (exact) mass is 477 g/mol. The molecule has 0 unspecified atom stereocenters. The number of hydrogen-bond donors (Lipinski definition) is 2. The molecule has 0 aliphatic carbocycles. The fourth-order valence-corrected chi connectivity index (χ4v) is 3.60. The van der Waals surface area contributed by atoms with Gasteiger partial charge in [0.1, 0.15) is 28.3 Å². The van der Waals surface area contributed by atoms with Crippen molar-refractivity contribution < 1.29 is 23.4 Å². The summed E-state index contributed by atoms with van der Waals surface area (Å²) < 4.78 is 21.9. The van der Waals surface area contributed by atoms with E-state index in [1.165, 1.54) is 14.2 Å². The van der Waals surface area contributed by atoms with Gasteiger partial charge in [-0.25, -0.2) is 4.98 Å². The van der Waals surface area contributed by atoms with Gasteiger partial charge in [-0.1, -0.05) is 6.07 Å². The molecule has 0 aliphatic heterocycles. The van der Waals surface area contributed by atoms with Gasteiger partial charge in [0.15, 0.2) is 10.7 Å². The quantitative estimate of drug-likeness (QED) is 0.358. The number of thiocarbonyl (C=S) groups is 1. The Kier molecular flexibility index (Phi) is 6.93. The van der Waals surface area contributed by atoms with E-state index in [1.807, 2.05) is 31.2 Å². The van der Waals surface area contributed by atoms with Gasteiger partial charge in [-0.15, -0.1) is 0 Å². The molecular weight excluding hydrogens is 454 g/mol. The number of aromatic nitrogens is 1. The third-order valence-corrected chi connectivity index (χ3v) is 5.14. The Bertz CT molecular complexity index is 1310. The van der Waals surface area contributed by atoms with E-state index in [0.29, 0.717) is 40.8 Å². The lowest BCUT2D eigenvalue weighted by atomic mass is 10.1. The van der Waals surface area contributed by atoms with Crippen LogP contribution >= 0.6 is 12.2 Å². The van der Waals surface area contributed by atoms with E-state index in [0.717, 1.165) is 11.3 Å². The van der Waals surface area contributed by atoms with Crippen molar-refractivity contribution in [1.29, 1.82) is 0 Å². The number of carbonyl (C=O) groups excluding carboxylic acids is 1. The van der Waals surface area contributed by atoms with Crippen molar-refractivity contribution in [3.05, 3.63) is 66.2 Å². The molecule has 4 rings (SSSR count). The maximum absolute atomic E-state index is 12.8. The van der Waals surface area contributed by atoms with Gasteiger partial charge in [0.25, 0.3) is 5.91 Å². The van der Waals surface area contributed by atoms with Crippen LogP contribution in [0.1, 0.15) is 17.3 Å². The molecule has 34 heavy (non-hydrogen) atoms. The van der Waals surface area contributed by atoms with E-state index < -0.39 is 5.91 Å². The molecule has 4 aromatic rings. The number of ether oxygens (including phenoxy) is 3. The third-order valence-electron chi connectivity index (χ3n) is 4.94. The second-order valence-electron chi connectivity index (χ2n) is 7.10. The van der Waals surface area contributed by atoms with Crippen LogP contribution in [0.4, 0.5) is 5.69 Å². The Hall–Kier alpha value is -4.11. The minimum absolute atomic E-state index is 0.118. The summed E-state index contributed by atoms with van der Waals surface area (Å²) >= 11 is 5.33. The Balaban J connectivity index is 1.48. The smallest absolute Gasteiger partial charge is 0.264 e. The Morgan fingerprint density at radius 2 is 1.74 bits per heavy atom. The average molecular weight is 478 g/mol. The first-order chi connectivity index (χ1) is 16.5. The number of rotatable bonds is 7. The van der Waals surface area contributed by atoms with E-state index in [1.54, 1.807) is 36.4 Å². The normalized spacial score (nSPS) is 10.6. The highest BCUT2D eigenvalue weighted by Crippen LogP contribution is 2.29. The second-order valence-corrected chi connectivity index (χ2v) is 7.51. The van der Waals surface area contributed by atoms with Crippen LogP contribution in [-0.4, -0.2) is 36.8 Å². The van der Waals surface area contributed by atoms with Gasteiger partial charge in [-0.05, 0) is 73.7 Å². The molecule has 0 atom stereocenters. The van der Waals surface area contributed by atoms with Crippen LogP contribution in [0.5, 0.6) is 17.2 Å². The Morgan fingerprint density at radius 1 is 1.03 bits per heavy atom. The van der Waals surface area contributed by atoms with Crippen molar-refractivity contribution in [2.75, 3.05) is 26.1 Å². The summed E-state index contributed by atoms with van der Waals surface area (Å²) in [5, 5.41) is 5.77. The molecule has 1 heterocycles. The van der Waals surface area contributed by atoms with E-state index in [2.05, 4.69) is 15.6 Å². The predicted molar refractivity (Wildman–Crippen MR) is 134 cm³/mol. The van der Waals surface area contributed by atoms with Gasteiger partial charge in [-0.3, -0.25) is 10.1 Å². The zero-order chi connectivity index (χ0) is 24.1. The number of nitrogens with one attached hydrogen (secondary N) is 2. The van der Waals surface area contributed by atoms with Gasteiger partial charge >= 0.3 is 0 Å². The van der Waals surface area contributed by atoms with Crippen LogP contribution in [0.2, 0.25) is 0 Å². The van der Waals surface area contributed by atoms with Gasteiger partial charge < -0.3 is 23.9 Å². The lowest BCUT2D eigenvalue weighted by Gasteiger charge is -2.14. The average Bonchev–Trinajstić information content (AvgIpc) is 3.27. The molecule has 0 fully saturated rings. The minimum atomic E-state index is -0.452. The van der Waals surface area contributed by atoms with Crippen molar-refractivity contribution in [1.82, 2.24) is 10.3 Å². The molecule has 0 spiro atoms. The summed E-state index contributed by atoms with van der Waals surface area (Å²) in [5.41, 5.74) is 3.01. The Morgan fingerprint density at radius 3 is 2.38 bits per heavy atom. The van der Waals surface area contributed by atoms with E-state index in [4.69, 9.17) is 30.8 Å². The standard InChI is InChI=1S/C25H23N3O5S/c1-4-32-17-11-8-15(9-12-17)24-27-18-14-16(10-13-19(18)33-24)26-25(34)28-23(29)22-20(30-2)6-5-7-21(22)31-3/h5-14H,4H2,1-3H3,(H2,26,28,29,34). The number of benzene rings is 3. The predicted octanol–water partition coefficient (Wildman–Crippen LogP) is 5.04. The molecular formula is C25H23N3O5S. The number of fused-ring (bicyclic) bond motifs is 1. The zero-order valence-corrected chi connectivity index (χ0v) is 19.7. The molecule has 8 nitrogen and oxygen atoms in total. The third kappa shape index (κ3) is 4.94. The van der Waals surface area contributed by atoms with Crippen molar-refractivity contribution in [3.8, 4) is 28.7 Å². The summed E-state index contributed by atoms with van der Waals surface area (Å²) in [6.45, 7) is 2.54. The number of carbonyl (C=O) groups is 1. The van der Waals surface area contributed by atoms with Crippen LogP contribution in [-0.2, 0) is 0 Å². The first-order valence-electron chi connectivity index (χ1n) is 10.5. The first-order valence-corrected chi connectivity index (χ1v) is 10.9. The second kappa shape index (κ2) is 10.2. The van der Waals surface area contributed by atoms with Crippen molar-refractivity contribution in [2.24, 2.45) is 0 Å². The lowest BCUT2D eigenvalue weighted by Crippen LogP contribution is -2.34. The van der Waals surface area contributed by atoms with Gasteiger partial charge in [0.05, 0.1) is 20.8 Å². The molecule has 0 radical (unpaired) electrons. The summed E-state index contributed by atoms with van der Waals surface area (Å²) in [7, 11) is 2.97. The maximum atomic E-state index is 12.8. The number of amides is 1. The molecule has 1 amide bonds. The van der Waals surface area contributed by atoms with Crippen LogP contribution in [0.15, 0.2) is 65.1 Å². The topological polar surface area (TPSA) is 94.9 Å². The van der Waals surface area contributed by atoms with E-state index in [9.17, 15) is 4.79 Å². The molecule has 3 aromatic carbocycles. The largest absolute Gasteiger partial charge is 0.496 e. The number of anilines is 1. The molecule has 0 aliphatic rings. The fourth-order valence-electron chi connectivity index (χ4n) is 3.39. The number of oxazole rings is 1. The summed E-state index contributed by atoms with van der Waals surface area (Å²) in [5.74, 6) is 1.59. The number of methoxy groups -OCH3 is 2. The lowest BCUT2D eigenvalue weighted by molar-refractivity contribution is 0.0971. The van der Waals surface area contributed by atoms with Gasteiger partial charge in [0, 0.05) is 11.3 Å². The maximum Gasteiger partial charge on any atom is 0.264 e. The number of nitrogens with zero attached hydrogens (tertiary/aromatic N) is 1. The van der Waals surface area contributed by atoms with Crippen LogP contribution in [0.25, 0.3) is 22.6 Å². The fraction of sp³-hybridized carbons (Fsp3) is 0.160. The van der Waals surface area contributed by atoms with Crippen LogP contribution < -0.4 is 24.8 Å². The molecule has 0 bridgehead atoms. The first kappa shape index (κ1) is 23.1. The van der Waals surface area contributed by atoms with Gasteiger partial charge in [-0.2, -0.15) is 0 Å². The molecule has 2 N–H and O–H groups in total. The highest BCUT2D eigenvalue weighted by atomic mass is 32.1.